The molecule has 0 saturated heterocycles. The van der Waals surface area contributed by atoms with Gasteiger partial charge in [-0.2, -0.15) is 0 Å². The first-order chi connectivity index (χ1) is 31.0. The molecular weight excluding hydrogens is 779 g/mol. The molecule has 0 aliphatic rings. The lowest BCUT2D eigenvalue weighted by Crippen LogP contribution is -2.45. The first-order valence-corrected chi connectivity index (χ1v) is 28.1. The Morgan fingerprint density at radius 2 is 0.746 bits per heavy atom. The van der Waals surface area contributed by atoms with Gasteiger partial charge in [0.25, 0.3) is 0 Å². The highest BCUT2D eigenvalue weighted by Crippen LogP contribution is 2.16. The standard InChI is InChI=1S/C57H109NO5/c1-3-5-7-9-11-13-15-17-18-19-20-21-24-27-31-35-39-43-47-51-57(62)63-52-48-44-40-36-32-28-25-22-23-26-30-34-38-42-46-50-56(61)58-54(53-59)55(60)49-45-41-37-33-29-16-14-12-10-8-6-4-2/h17-18,25,28,54-55,59-60H,3-16,19-24,26-27,29-53H2,1-2H3,(H,58,61)/b18-17-,28-25-. The van der Waals surface area contributed by atoms with Crippen LogP contribution < -0.4 is 5.32 Å². The number of aliphatic hydroxyl groups excluding tert-OH is 2. The smallest absolute Gasteiger partial charge is 0.305 e. The average molecular weight is 889 g/mol. The van der Waals surface area contributed by atoms with Crippen LogP contribution in [0.1, 0.15) is 303 Å². The number of amides is 1. The molecule has 0 saturated carbocycles. The van der Waals surface area contributed by atoms with E-state index in [2.05, 4.69) is 43.5 Å². The van der Waals surface area contributed by atoms with Crippen molar-refractivity contribution in [3.05, 3.63) is 24.3 Å². The Morgan fingerprint density at radius 3 is 1.13 bits per heavy atom. The summed E-state index contributed by atoms with van der Waals surface area (Å²) in [6.07, 6.45) is 63.0. The monoisotopic (exact) mass is 888 g/mol. The highest BCUT2D eigenvalue weighted by atomic mass is 16.5. The number of rotatable bonds is 52. The average Bonchev–Trinajstić information content (AvgIpc) is 3.28. The van der Waals surface area contributed by atoms with Crippen molar-refractivity contribution in [3.63, 3.8) is 0 Å². The highest BCUT2D eigenvalue weighted by molar-refractivity contribution is 5.76. The minimum absolute atomic E-state index is 0.0105. The van der Waals surface area contributed by atoms with Crippen LogP contribution in [0, 0.1) is 0 Å². The van der Waals surface area contributed by atoms with Crippen molar-refractivity contribution in [3.8, 4) is 0 Å². The normalized spacial score (nSPS) is 12.8. The lowest BCUT2D eigenvalue weighted by atomic mass is 10.0. The maximum absolute atomic E-state index is 12.4. The number of esters is 1. The SMILES string of the molecule is CCCCCCCC/C=C\CCCCCCCCCCCC(=O)OCCCCCC/C=C\CCCCCCCCCC(=O)NC(CO)C(O)CCCCCCCCCCCCCC. The van der Waals surface area contributed by atoms with Crippen LogP contribution in [-0.4, -0.2) is 47.4 Å². The Hall–Kier alpha value is -1.66. The van der Waals surface area contributed by atoms with Crippen LogP contribution in [0.2, 0.25) is 0 Å². The summed E-state index contributed by atoms with van der Waals surface area (Å²) in [5, 5.41) is 23.2. The van der Waals surface area contributed by atoms with E-state index in [-0.39, 0.29) is 18.5 Å². The van der Waals surface area contributed by atoms with E-state index in [0.29, 0.717) is 25.9 Å². The molecule has 6 heteroatoms. The molecule has 0 aliphatic heterocycles. The number of unbranched alkanes of at least 4 members (excludes halogenated alkanes) is 37. The molecule has 372 valence electrons. The number of nitrogens with one attached hydrogen (secondary N) is 1. The lowest BCUT2D eigenvalue weighted by Gasteiger charge is -2.22. The molecule has 0 aromatic rings. The minimum atomic E-state index is -0.673. The topological polar surface area (TPSA) is 95.9 Å². The third-order valence-electron chi connectivity index (χ3n) is 13.0. The third-order valence-corrected chi connectivity index (χ3v) is 13.0. The predicted molar refractivity (Wildman–Crippen MR) is 273 cm³/mol. The number of carbonyl (C=O) groups is 2. The van der Waals surface area contributed by atoms with E-state index in [1.54, 1.807) is 0 Å². The van der Waals surface area contributed by atoms with Gasteiger partial charge in [-0.25, -0.2) is 0 Å². The van der Waals surface area contributed by atoms with Crippen molar-refractivity contribution in [2.45, 2.75) is 315 Å². The predicted octanol–water partition coefficient (Wildman–Crippen LogP) is 17.1. The molecule has 2 unspecified atom stereocenters. The van der Waals surface area contributed by atoms with Crippen LogP contribution in [-0.2, 0) is 14.3 Å². The van der Waals surface area contributed by atoms with E-state index in [1.807, 2.05) is 0 Å². The number of carbonyl (C=O) groups excluding carboxylic acids is 2. The zero-order valence-corrected chi connectivity index (χ0v) is 42.3. The van der Waals surface area contributed by atoms with Crippen molar-refractivity contribution in [2.24, 2.45) is 0 Å². The molecule has 63 heavy (non-hydrogen) atoms. The van der Waals surface area contributed by atoms with E-state index >= 15 is 0 Å². The fourth-order valence-electron chi connectivity index (χ4n) is 8.63. The van der Waals surface area contributed by atoms with Gasteiger partial charge in [-0.05, 0) is 77.0 Å². The van der Waals surface area contributed by atoms with Gasteiger partial charge in [0.2, 0.25) is 5.91 Å². The summed E-state index contributed by atoms with van der Waals surface area (Å²) in [6, 6.07) is -0.552. The second kappa shape index (κ2) is 53.0. The fourth-order valence-corrected chi connectivity index (χ4v) is 8.63. The number of hydrogen-bond donors (Lipinski definition) is 3. The largest absolute Gasteiger partial charge is 0.466 e. The molecule has 0 aromatic heterocycles. The number of ether oxygens (including phenoxy) is 1. The van der Waals surface area contributed by atoms with Crippen LogP contribution in [0.3, 0.4) is 0 Å². The summed E-state index contributed by atoms with van der Waals surface area (Å²) in [7, 11) is 0. The maximum Gasteiger partial charge on any atom is 0.305 e. The molecular formula is C57H109NO5. The Kier molecular flexibility index (Phi) is 51.6. The quantitative estimate of drug-likeness (QED) is 0.0321. The van der Waals surface area contributed by atoms with Gasteiger partial charge in [0, 0.05) is 12.8 Å². The Bertz CT molecular complexity index is 982. The summed E-state index contributed by atoms with van der Waals surface area (Å²) >= 11 is 0. The lowest BCUT2D eigenvalue weighted by molar-refractivity contribution is -0.143. The number of aliphatic hydroxyl groups is 2. The van der Waals surface area contributed by atoms with Gasteiger partial charge in [0.1, 0.15) is 0 Å². The molecule has 0 bridgehead atoms. The molecule has 3 N–H and O–H groups in total. The molecule has 1 amide bonds. The van der Waals surface area contributed by atoms with Gasteiger partial charge in [-0.3, -0.25) is 9.59 Å². The zero-order chi connectivity index (χ0) is 45.8. The maximum atomic E-state index is 12.4. The minimum Gasteiger partial charge on any atom is -0.466 e. The summed E-state index contributed by atoms with van der Waals surface area (Å²) in [5.41, 5.74) is 0. The Morgan fingerprint density at radius 1 is 0.429 bits per heavy atom. The molecule has 0 spiro atoms. The van der Waals surface area contributed by atoms with Crippen molar-refractivity contribution < 1.29 is 24.5 Å². The van der Waals surface area contributed by atoms with Crippen molar-refractivity contribution in [2.75, 3.05) is 13.2 Å². The number of allylic oxidation sites excluding steroid dienone is 4. The first-order valence-electron chi connectivity index (χ1n) is 28.1. The van der Waals surface area contributed by atoms with Crippen molar-refractivity contribution in [1.29, 1.82) is 0 Å². The van der Waals surface area contributed by atoms with Gasteiger partial charge in [0.15, 0.2) is 0 Å². The summed E-state index contributed by atoms with van der Waals surface area (Å²) in [5.74, 6) is -0.0609. The zero-order valence-electron chi connectivity index (χ0n) is 42.3. The molecule has 0 aromatic carbocycles. The van der Waals surface area contributed by atoms with Crippen LogP contribution in [0.25, 0.3) is 0 Å². The second-order valence-electron chi connectivity index (χ2n) is 19.3. The summed E-state index contributed by atoms with van der Waals surface area (Å²) in [6.45, 7) is 4.91. The number of hydrogen-bond acceptors (Lipinski definition) is 5. The summed E-state index contributed by atoms with van der Waals surface area (Å²) < 4.78 is 5.47. The molecule has 0 aliphatic carbocycles. The van der Waals surface area contributed by atoms with Crippen LogP contribution in [0.5, 0.6) is 0 Å². The van der Waals surface area contributed by atoms with E-state index in [0.717, 1.165) is 70.6 Å². The van der Waals surface area contributed by atoms with E-state index in [4.69, 9.17) is 4.74 Å². The van der Waals surface area contributed by atoms with Gasteiger partial charge < -0.3 is 20.3 Å². The third kappa shape index (κ3) is 49.6. The van der Waals surface area contributed by atoms with Gasteiger partial charge in [-0.15, -0.1) is 0 Å². The molecule has 0 heterocycles. The van der Waals surface area contributed by atoms with E-state index in [1.165, 1.54) is 199 Å². The summed E-state index contributed by atoms with van der Waals surface area (Å²) in [4.78, 5) is 24.5. The highest BCUT2D eigenvalue weighted by Gasteiger charge is 2.20. The van der Waals surface area contributed by atoms with E-state index < -0.39 is 12.1 Å². The van der Waals surface area contributed by atoms with E-state index in [9.17, 15) is 19.8 Å². The van der Waals surface area contributed by atoms with Crippen LogP contribution >= 0.6 is 0 Å². The Labute approximate surface area is 392 Å². The van der Waals surface area contributed by atoms with Crippen LogP contribution in [0.15, 0.2) is 24.3 Å². The van der Waals surface area contributed by atoms with Crippen molar-refractivity contribution >= 4 is 11.9 Å². The second-order valence-corrected chi connectivity index (χ2v) is 19.3. The van der Waals surface area contributed by atoms with Crippen LogP contribution in [0.4, 0.5) is 0 Å². The first kappa shape index (κ1) is 61.3. The van der Waals surface area contributed by atoms with Crippen molar-refractivity contribution in [1.82, 2.24) is 5.32 Å². The molecule has 6 nitrogen and oxygen atoms in total. The molecule has 0 fully saturated rings. The molecule has 0 radical (unpaired) electrons. The molecule has 2 atom stereocenters. The van der Waals surface area contributed by atoms with Gasteiger partial charge in [0.05, 0.1) is 25.4 Å². The van der Waals surface area contributed by atoms with Gasteiger partial charge in [-0.1, -0.05) is 237 Å². The molecule has 0 rings (SSSR count). The Balaban J connectivity index is 3.44. The van der Waals surface area contributed by atoms with Gasteiger partial charge >= 0.3 is 5.97 Å². The fraction of sp³-hybridized carbons (Fsp3) is 0.895.